The Kier molecular flexibility index (Phi) is 8.33. The van der Waals surface area contributed by atoms with Gasteiger partial charge in [0.15, 0.2) is 5.05 Å². The summed E-state index contributed by atoms with van der Waals surface area (Å²) in [5.74, 6) is 0. The molecule has 0 saturated heterocycles. The van der Waals surface area contributed by atoms with E-state index >= 15 is 0 Å². The number of hydrogen-bond donors (Lipinski definition) is 2. The van der Waals surface area contributed by atoms with E-state index in [1.807, 2.05) is 6.92 Å². The van der Waals surface area contributed by atoms with E-state index < -0.39 is 7.12 Å². The molecule has 0 fully saturated rings. The molecule has 0 aliphatic heterocycles. The molecule has 0 amide bonds. The van der Waals surface area contributed by atoms with Crippen molar-refractivity contribution in [3.05, 3.63) is 36.5 Å². The van der Waals surface area contributed by atoms with Crippen LogP contribution in [0.15, 0.2) is 41.5 Å². The van der Waals surface area contributed by atoms with Gasteiger partial charge in [-0.3, -0.25) is 4.99 Å². The van der Waals surface area contributed by atoms with Gasteiger partial charge in [0.25, 0.3) is 0 Å². The monoisotopic (exact) mass is 239 g/mol. The third-order valence-electron chi connectivity index (χ3n) is 1.40. The van der Waals surface area contributed by atoms with E-state index in [-0.39, 0.29) is 5.47 Å². The van der Waals surface area contributed by atoms with Gasteiger partial charge >= 0.3 is 7.12 Å². The quantitative estimate of drug-likeness (QED) is 0.239. The van der Waals surface area contributed by atoms with E-state index in [0.29, 0.717) is 11.7 Å². The second kappa shape index (κ2) is 9.02. The van der Waals surface area contributed by atoms with Crippen LogP contribution in [-0.4, -0.2) is 35.0 Å². The predicted molar refractivity (Wildman–Crippen MR) is 70.3 cm³/mol. The Labute approximate surface area is 101 Å². The zero-order valence-electron chi connectivity index (χ0n) is 9.04. The van der Waals surface area contributed by atoms with Gasteiger partial charge in [-0.05, 0) is 30.7 Å². The summed E-state index contributed by atoms with van der Waals surface area (Å²) in [6.45, 7) is 5.79. The van der Waals surface area contributed by atoms with Crippen molar-refractivity contribution in [3.8, 4) is 0 Å². The molecule has 0 radical (unpaired) electrons. The van der Waals surface area contributed by atoms with Crippen LogP contribution < -0.4 is 0 Å². The Morgan fingerprint density at radius 2 is 2.19 bits per heavy atom. The molecule has 0 saturated carbocycles. The van der Waals surface area contributed by atoms with Crippen LogP contribution in [0, 0.1) is 0 Å². The molecular weight excluding hydrogens is 225 g/mol. The molecule has 0 heterocycles. The summed E-state index contributed by atoms with van der Waals surface area (Å²) < 4.78 is 4.99. The number of hydrogen-bond acceptors (Lipinski definition) is 5. The molecule has 0 unspecified atom stereocenters. The average Bonchev–Trinajstić information content (AvgIpc) is 2.23. The van der Waals surface area contributed by atoms with Gasteiger partial charge in [0, 0.05) is 18.5 Å². The minimum atomic E-state index is -1.54. The Balaban J connectivity index is 3.94. The van der Waals surface area contributed by atoms with Gasteiger partial charge < -0.3 is 14.8 Å². The number of aliphatic imine (C=N–C) groups is 1. The number of nitrogens with zero attached hydrogens (tertiary/aromatic N) is 1. The summed E-state index contributed by atoms with van der Waals surface area (Å²) >= 11 is 4.83. The fraction of sp³-hybridized carbons (Fsp3) is 0.200. The second-order valence-electron chi connectivity index (χ2n) is 2.67. The number of rotatable bonds is 6. The molecule has 0 aliphatic carbocycles. The maximum atomic E-state index is 8.67. The summed E-state index contributed by atoms with van der Waals surface area (Å²) in [4.78, 5) is 3.86. The Hall–Kier alpha value is -1.24. The van der Waals surface area contributed by atoms with Crippen molar-refractivity contribution in [2.24, 2.45) is 4.99 Å². The molecule has 0 atom stereocenters. The van der Waals surface area contributed by atoms with Crippen molar-refractivity contribution in [1.82, 2.24) is 0 Å². The van der Waals surface area contributed by atoms with E-state index in [2.05, 4.69) is 11.6 Å². The maximum absolute atomic E-state index is 8.67. The van der Waals surface area contributed by atoms with Gasteiger partial charge in [0.05, 0.1) is 6.61 Å². The highest BCUT2D eigenvalue weighted by molar-refractivity contribution is 7.80. The van der Waals surface area contributed by atoms with Gasteiger partial charge in [-0.1, -0.05) is 12.7 Å². The lowest BCUT2D eigenvalue weighted by atomic mass is 9.80. The van der Waals surface area contributed by atoms with Crippen molar-refractivity contribution in [3.63, 3.8) is 0 Å². The highest BCUT2D eigenvalue weighted by Crippen LogP contribution is 1.92. The van der Waals surface area contributed by atoms with E-state index in [9.17, 15) is 0 Å². The highest BCUT2D eigenvalue weighted by Gasteiger charge is 2.07. The normalized spacial score (nSPS) is 11.4. The lowest BCUT2D eigenvalue weighted by Crippen LogP contribution is -2.12. The van der Waals surface area contributed by atoms with Gasteiger partial charge in [-0.15, -0.1) is 0 Å². The molecule has 0 aliphatic rings. The standard InChI is InChI=1S/C10H14BNO3S/c1-3-15-10(16)6-8-12-7-4-5-9(2)11(13)14/h4-8,13-14H,2-3H2,1H3/b5-4-,8-6+,12-7-. The molecule has 4 nitrogen and oxygen atoms in total. The van der Waals surface area contributed by atoms with Crippen LogP contribution in [0.2, 0.25) is 0 Å². The van der Waals surface area contributed by atoms with Crippen molar-refractivity contribution < 1.29 is 14.8 Å². The molecule has 0 rings (SSSR count). The average molecular weight is 239 g/mol. The van der Waals surface area contributed by atoms with Gasteiger partial charge in [-0.2, -0.15) is 0 Å². The largest absolute Gasteiger partial charge is 0.487 e. The lowest BCUT2D eigenvalue weighted by Gasteiger charge is -1.95. The first kappa shape index (κ1) is 14.8. The van der Waals surface area contributed by atoms with Gasteiger partial charge in [-0.25, -0.2) is 0 Å². The molecule has 6 heteroatoms. The zero-order chi connectivity index (χ0) is 12.4. The second-order valence-corrected chi connectivity index (χ2v) is 3.08. The smallest absolute Gasteiger partial charge is 0.484 e. The number of thiocarbonyl (C=S) groups is 1. The van der Waals surface area contributed by atoms with E-state index in [4.69, 9.17) is 27.0 Å². The molecular formula is C10H14BNO3S. The lowest BCUT2D eigenvalue weighted by molar-refractivity contribution is 0.339. The molecule has 86 valence electrons. The van der Waals surface area contributed by atoms with Crippen LogP contribution >= 0.6 is 12.2 Å². The van der Waals surface area contributed by atoms with Crippen LogP contribution in [0.4, 0.5) is 0 Å². The van der Waals surface area contributed by atoms with Crippen LogP contribution in [0.1, 0.15) is 6.92 Å². The van der Waals surface area contributed by atoms with Gasteiger partial charge in [0.1, 0.15) is 0 Å². The minimum absolute atomic E-state index is 0.195. The molecule has 0 aromatic rings. The first-order valence-electron chi connectivity index (χ1n) is 4.66. The van der Waals surface area contributed by atoms with E-state index in [1.165, 1.54) is 24.6 Å². The Morgan fingerprint density at radius 1 is 1.50 bits per heavy atom. The van der Waals surface area contributed by atoms with Crippen molar-refractivity contribution >= 4 is 30.6 Å². The summed E-state index contributed by atoms with van der Waals surface area (Å²) in [6.07, 6.45) is 7.50. The summed E-state index contributed by atoms with van der Waals surface area (Å²) in [7, 11) is -1.54. The SMILES string of the molecule is C=C(\C=C/C=N\C=C\C(=S)OCC)B(O)O. The van der Waals surface area contributed by atoms with Crippen LogP contribution in [0.25, 0.3) is 0 Å². The third kappa shape index (κ3) is 8.10. The number of ether oxygens (including phenoxy) is 1. The predicted octanol–water partition coefficient (Wildman–Crippen LogP) is 1.06. The molecule has 0 aromatic heterocycles. The number of allylic oxidation sites excluding steroid dienone is 3. The Morgan fingerprint density at radius 3 is 2.75 bits per heavy atom. The van der Waals surface area contributed by atoms with Crippen LogP contribution in [-0.2, 0) is 4.74 Å². The first-order chi connectivity index (χ1) is 7.57. The first-order valence-corrected chi connectivity index (χ1v) is 5.06. The fourth-order valence-electron chi connectivity index (χ4n) is 0.646. The summed E-state index contributed by atoms with van der Waals surface area (Å²) in [5, 5.41) is 17.7. The summed E-state index contributed by atoms with van der Waals surface area (Å²) in [6, 6.07) is 0. The summed E-state index contributed by atoms with van der Waals surface area (Å²) in [5.41, 5.74) is 0.195. The molecule has 0 bridgehead atoms. The Bertz CT molecular complexity index is 324. The van der Waals surface area contributed by atoms with E-state index in [0.717, 1.165) is 0 Å². The van der Waals surface area contributed by atoms with Crippen molar-refractivity contribution in [1.29, 1.82) is 0 Å². The highest BCUT2D eigenvalue weighted by atomic mass is 32.1. The van der Waals surface area contributed by atoms with Gasteiger partial charge in [0.2, 0.25) is 0 Å². The van der Waals surface area contributed by atoms with Crippen molar-refractivity contribution in [2.75, 3.05) is 6.61 Å². The maximum Gasteiger partial charge on any atom is 0.487 e. The fourth-order valence-corrected chi connectivity index (χ4v) is 0.825. The zero-order valence-corrected chi connectivity index (χ0v) is 9.85. The van der Waals surface area contributed by atoms with Crippen LogP contribution in [0.5, 0.6) is 0 Å². The van der Waals surface area contributed by atoms with E-state index in [1.54, 1.807) is 6.08 Å². The topological polar surface area (TPSA) is 62.0 Å². The van der Waals surface area contributed by atoms with Crippen LogP contribution in [0.3, 0.4) is 0 Å². The van der Waals surface area contributed by atoms with Crippen molar-refractivity contribution in [2.45, 2.75) is 6.92 Å². The molecule has 16 heavy (non-hydrogen) atoms. The minimum Gasteiger partial charge on any atom is -0.484 e. The molecule has 0 spiro atoms. The third-order valence-corrected chi connectivity index (χ3v) is 1.65. The molecule has 0 aromatic carbocycles. The molecule has 2 N–H and O–H groups in total.